The zero-order valence-corrected chi connectivity index (χ0v) is 17.7. The van der Waals surface area contributed by atoms with Crippen molar-refractivity contribution >= 4 is 36.8 Å². The maximum atomic E-state index is 12.4. The van der Waals surface area contributed by atoms with E-state index in [1.54, 1.807) is 10.8 Å². The molecule has 0 amide bonds. The van der Waals surface area contributed by atoms with Crippen LogP contribution in [0.25, 0.3) is 11.0 Å². The van der Waals surface area contributed by atoms with E-state index in [1.165, 1.54) is 17.8 Å². The molecule has 0 saturated carbocycles. The average Bonchev–Trinajstić information content (AvgIpc) is 2.52. The second-order valence-electron chi connectivity index (χ2n) is 7.65. The van der Waals surface area contributed by atoms with E-state index >= 15 is 0 Å². The lowest BCUT2D eigenvalue weighted by Crippen LogP contribution is -2.41. The first-order valence-corrected chi connectivity index (χ1v) is 12.5. The van der Waals surface area contributed by atoms with E-state index in [2.05, 4.69) is 43.8 Å². The summed E-state index contributed by atoms with van der Waals surface area (Å²) in [5, 5.41) is 1.52. The van der Waals surface area contributed by atoms with Crippen LogP contribution in [0.2, 0.25) is 18.1 Å². The van der Waals surface area contributed by atoms with Gasteiger partial charge < -0.3 is 10.2 Å². The van der Waals surface area contributed by atoms with Crippen molar-refractivity contribution in [1.29, 1.82) is 0 Å². The molecule has 0 saturated heterocycles. The third kappa shape index (κ3) is 4.42. The molecule has 2 N–H and O–H groups in total. The van der Waals surface area contributed by atoms with Gasteiger partial charge in [0.25, 0.3) is 5.56 Å². The van der Waals surface area contributed by atoms with Crippen molar-refractivity contribution in [2.45, 2.75) is 57.0 Å². The van der Waals surface area contributed by atoms with Crippen LogP contribution in [0, 0.1) is 0 Å². The van der Waals surface area contributed by atoms with Crippen LogP contribution in [0.4, 0.5) is 5.69 Å². The maximum absolute atomic E-state index is 12.4. The van der Waals surface area contributed by atoms with Crippen LogP contribution >= 0.6 is 11.8 Å². The largest absolute Gasteiger partial charge is 0.417 e. The number of aromatic nitrogens is 3. The van der Waals surface area contributed by atoms with E-state index in [-0.39, 0.29) is 10.6 Å². The summed E-state index contributed by atoms with van der Waals surface area (Å²) >= 11 is 1.44. The van der Waals surface area contributed by atoms with Gasteiger partial charge in [0.1, 0.15) is 5.65 Å². The number of hydrogen-bond acceptors (Lipinski definition) is 6. The number of nitrogens with zero attached hydrogens (tertiary/aromatic N) is 3. The normalized spacial score (nSPS) is 12.7. The summed E-state index contributed by atoms with van der Waals surface area (Å²) in [7, 11) is -1.77. The Kier molecular flexibility index (Phi) is 5.96. The van der Waals surface area contributed by atoms with Crippen molar-refractivity contribution in [2.75, 3.05) is 18.6 Å². The number of nitrogens with two attached hydrogens (primary N) is 1. The van der Waals surface area contributed by atoms with Crippen LogP contribution in [-0.2, 0) is 11.0 Å². The minimum absolute atomic E-state index is 0.136. The Morgan fingerprint density at radius 3 is 2.64 bits per heavy atom. The monoisotopic (exact) mass is 380 g/mol. The molecule has 6 nitrogen and oxygen atoms in total. The second-order valence-corrected chi connectivity index (χ2v) is 13.2. The molecule has 0 fully saturated rings. The first kappa shape index (κ1) is 19.9. The maximum Gasteiger partial charge on any atom is 0.254 e. The van der Waals surface area contributed by atoms with E-state index in [0.717, 1.165) is 6.42 Å². The molecule has 25 heavy (non-hydrogen) atoms. The molecule has 2 heterocycles. The van der Waals surface area contributed by atoms with E-state index in [9.17, 15) is 4.79 Å². The highest BCUT2D eigenvalue weighted by Gasteiger charge is 2.36. The predicted octanol–water partition coefficient (Wildman–Crippen LogP) is 3.51. The smallest absolute Gasteiger partial charge is 0.254 e. The fourth-order valence-corrected chi connectivity index (χ4v) is 3.66. The van der Waals surface area contributed by atoms with Crippen LogP contribution in [0.5, 0.6) is 0 Å². The molecule has 0 aliphatic rings. The van der Waals surface area contributed by atoms with E-state index in [4.69, 9.17) is 10.2 Å². The molecule has 138 valence electrons. The summed E-state index contributed by atoms with van der Waals surface area (Å²) in [6.45, 7) is 12.3. The summed E-state index contributed by atoms with van der Waals surface area (Å²) in [4.78, 5) is 21.1. The SMILES string of the molecule is CSc1ncc2c(N)cc(=O)n(CCCO[Si](C)(C)C(C)(C)C)c2n1. The Hall–Kier alpha value is -1.38. The number of fused-ring (bicyclic) bond motifs is 1. The fourth-order valence-electron chi connectivity index (χ4n) is 2.24. The van der Waals surface area contributed by atoms with Gasteiger partial charge in [0.15, 0.2) is 13.5 Å². The van der Waals surface area contributed by atoms with E-state index in [1.807, 2.05) is 6.26 Å². The Morgan fingerprint density at radius 1 is 1.36 bits per heavy atom. The van der Waals surface area contributed by atoms with Crippen molar-refractivity contribution in [3.8, 4) is 0 Å². The number of nitrogen functional groups attached to an aromatic ring is 1. The Labute approximate surface area is 154 Å². The molecule has 2 aromatic rings. The molecule has 0 unspecified atom stereocenters. The molecule has 0 aliphatic heterocycles. The molecule has 2 aromatic heterocycles. The third-order valence-corrected chi connectivity index (χ3v) is 9.94. The van der Waals surface area contributed by atoms with Gasteiger partial charge in [-0.15, -0.1) is 0 Å². The lowest BCUT2D eigenvalue weighted by atomic mass is 10.2. The molecule has 0 spiro atoms. The number of thioether (sulfide) groups is 1. The summed E-state index contributed by atoms with van der Waals surface area (Å²) in [6, 6.07) is 1.44. The Morgan fingerprint density at radius 2 is 2.04 bits per heavy atom. The minimum atomic E-state index is -1.77. The van der Waals surface area contributed by atoms with Crippen molar-refractivity contribution in [1.82, 2.24) is 14.5 Å². The number of anilines is 1. The molecule has 8 heteroatoms. The standard InChI is InChI=1S/C17H28N4O2SSi/c1-17(2,3)25(5,6)23-9-7-8-21-14(22)10-13(18)12-11-19-16(24-4)20-15(12)21/h10-11H,7-9,18H2,1-6H3. The lowest BCUT2D eigenvalue weighted by Gasteiger charge is -2.36. The van der Waals surface area contributed by atoms with Gasteiger partial charge in [-0.3, -0.25) is 9.36 Å². The fraction of sp³-hybridized carbons (Fsp3) is 0.588. The van der Waals surface area contributed by atoms with Gasteiger partial charge in [-0.05, 0) is 30.8 Å². The first-order valence-electron chi connectivity index (χ1n) is 8.41. The summed E-state index contributed by atoms with van der Waals surface area (Å²) < 4.78 is 7.87. The molecule has 2 rings (SSSR count). The second kappa shape index (κ2) is 7.47. The summed E-state index contributed by atoms with van der Waals surface area (Å²) in [5.74, 6) is 0. The van der Waals surface area contributed by atoms with Gasteiger partial charge in [-0.1, -0.05) is 32.5 Å². The average molecular weight is 381 g/mol. The van der Waals surface area contributed by atoms with Gasteiger partial charge in [0.05, 0.1) is 5.39 Å². The highest BCUT2D eigenvalue weighted by Crippen LogP contribution is 2.36. The Balaban J connectivity index is 2.20. The number of rotatable bonds is 6. The van der Waals surface area contributed by atoms with Crippen LogP contribution < -0.4 is 11.3 Å². The molecule has 0 bridgehead atoms. The zero-order valence-electron chi connectivity index (χ0n) is 15.9. The van der Waals surface area contributed by atoms with Gasteiger partial charge in [0.2, 0.25) is 0 Å². The quantitative estimate of drug-likeness (QED) is 0.357. The zero-order chi connectivity index (χ0) is 18.8. The van der Waals surface area contributed by atoms with Gasteiger partial charge in [-0.25, -0.2) is 9.97 Å². The molecule has 0 atom stereocenters. The van der Waals surface area contributed by atoms with Gasteiger partial charge in [0, 0.05) is 31.1 Å². The Bertz CT molecular complexity index is 815. The molecule has 0 radical (unpaired) electrons. The molecule has 0 aromatic carbocycles. The van der Waals surface area contributed by atoms with Crippen molar-refractivity contribution in [3.63, 3.8) is 0 Å². The van der Waals surface area contributed by atoms with Crippen molar-refractivity contribution < 1.29 is 4.43 Å². The lowest BCUT2D eigenvalue weighted by molar-refractivity contribution is 0.275. The van der Waals surface area contributed by atoms with E-state index < -0.39 is 8.32 Å². The van der Waals surface area contributed by atoms with Crippen LogP contribution in [-0.4, -0.2) is 35.7 Å². The van der Waals surface area contributed by atoms with Gasteiger partial charge >= 0.3 is 0 Å². The number of hydrogen-bond donors (Lipinski definition) is 1. The molecular formula is C17H28N4O2SSi. The van der Waals surface area contributed by atoms with Crippen LogP contribution in [0.15, 0.2) is 22.2 Å². The number of pyridine rings is 1. The molecular weight excluding hydrogens is 352 g/mol. The first-order chi connectivity index (χ1) is 11.6. The third-order valence-electron chi connectivity index (χ3n) is 4.84. The van der Waals surface area contributed by atoms with Crippen LogP contribution in [0.1, 0.15) is 27.2 Å². The highest BCUT2D eigenvalue weighted by molar-refractivity contribution is 7.98. The van der Waals surface area contributed by atoms with Crippen molar-refractivity contribution in [3.05, 3.63) is 22.6 Å². The molecule has 0 aliphatic carbocycles. The number of aryl methyl sites for hydroxylation is 1. The van der Waals surface area contributed by atoms with Crippen molar-refractivity contribution in [2.24, 2.45) is 0 Å². The topological polar surface area (TPSA) is 83.0 Å². The summed E-state index contributed by atoms with van der Waals surface area (Å²) in [5.41, 5.74) is 6.83. The minimum Gasteiger partial charge on any atom is -0.417 e. The highest BCUT2D eigenvalue weighted by atomic mass is 32.2. The van der Waals surface area contributed by atoms with Gasteiger partial charge in [-0.2, -0.15) is 0 Å². The summed E-state index contributed by atoms with van der Waals surface area (Å²) in [6.07, 6.45) is 4.35. The predicted molar refractivity (Wildman–Crippen MR) is 108 cm³/mol. The van der Waals surface area contributed by atoms with Crippen LogP contribution in [0.3, 0.4) is 0 Å². The van der Waals surface area contributed by atoms with E-state index in [0.29, 0.717) is 35.0 Å².